The minimum Gasteiger partial charge on any atom is -0.399 e. The van der Waals surface area contributed by atoms with Crippen molar-refractivity contribution in [3.63, 3.8) is 0 Å². The molecule has 0 fully saturated rings. The fourth-order valence-corrected chi connectivity index (χ4v) is 2.95. The van der Waals surface area contributed by atoms with Crippen LogP contribution in [0.15, 0.2) is 18.2 Å². The Kier molecular flexibility index (Phi) is 5.53. The van der Waals surface area contributed by atoms with Gasteiger partial charge in [-0.3, -0.25) is 4.21 Å². The number of anilines is 1. The first-order valence-electron chi connectivity index (χ1n) is 5.84. The molecule has 1 aromatic carbocycles. The molecule has 16 heavy (non-hydrogen) atoms. The fraction of sp³-hybridized carbons (Fsp3) is 0.538. The highest BCUT2D eigenvalue weighted by Gasteiger charge is 2.05. The van der Waals surface area contributed by atoms with Gasteiger partial charge in [0.25, 0.3) is 0 Å². The van der Waals surface area contributed by atoms with Crippen LogP contribution in [0.5, 0.6) is 0 Å². The Morgan fingerprint density at radius 1 is 1.31 bits per heavy atom. The van der Waals surface area contributed by atoms with Gasteiger partial charge in [-0.1, -0.05) is 31.9 Å². The van der Waals surface area contributed by atoms with Crippen molar-refractivity contribution >= 4 is 16.5 Å². The van der Waals surface area contributed by atoms with Gasteiger partial charge in [-0.15, -0.1) is 0 Å². The highest BCUT2D eigenvalue weighted by Crippen LogP contribution is 2.17. The van der Waals surface area contributed by atoms with Crippen LogP contribution in [-0.4, -0.2) is 9.96 Å². The van der Waals surface area contributed by atoms with Crippen molar-refractivity contribution in [3.8, 4) is 0 Å². The Bertz CT molecular complexity index is 363. The molecule has 2 N–H and O–H groups in total. The van der Waals surface area contributed by atoms with Crippen LogP contribution in [0.1, 0.15) is 37.3 Å². The highest BCUT2D eigenvalue weighted by atomic mass is 32.2. The SMILES string of the molecule is CCCCCS(=O)Cc1cccc(N)c1C. The van der Waals surface area contributed by atoms with Crippen LogP contribution < -0.4 is 5.73 Å². The van der Waals surface area contributed by atoms with Gasteiger partial charge in [0.1, 0.15) is 0 Å². The van der Waals surface area contributed by atoms with Gasteiger partial charge in [0, 0.05) is 28.0 Å². The molecule has 0 saturated heterocycles. The molecular formula is C13H21NOS. The van der Waals surface area contributed by atoms with Crippen LogP contribution in [0.2, 0.25) is 0 Å². The number of benzene rings is 1. The van der Waals surface area contributed by atoms with E-state index < -0.39 is 10.8 Å². The first-order chi connectivity index (χ1) is 7.65. The third-order valence-electron chi connectivity index (χ3n) is 2.78. The number of nitrogens with two attached hydrogens (primary N) is 1. The zero-order valence-corrected chi connectivity index (χ0v) is 11.0. The Labute approximate surface area is 101 Å². The van der Waals surface area contributed by atoms with Crippen molar-refractivity contribution in [2.75, 3.05) is 11.5 Å². The van der Waals surface area contributed by atoms with Gasteiger partial charge in [0.05, 0.1) is 0 Å². The molecule has 0 saturated carbocycles. The summed E-state index contributed by atoms with van der Waals surface area (Å²) in [4.78, 5) is 0. The molecule has 0 aromatic heterocycles. The molecule has 1 rings (SSSR count). The van der Waals surface area contributed by atoms with E-state index in [4.69, 9.17) is 5.73 Å². The maximum atomic E-state index is 11.8. The maximum Gasteiger partial charge on any atom is 0.0489 e. The van der Waals surface area contributed by atoms with Crippen LogP contribution in [-0.2, 0) is 16.6 Å². The van der Waals surface area contributed by atoms with Crippen molar-refractivity contribution in [2.45, 2.75) is 38.9 Å². The Morgan fingerprint density at radius 2 is 2.06 bits per heavy atom. The van der Waals surface area contributed by atoms with E-state index in [1.54, 1.807) is 0 Å². The number of hydrogen-bond acceptors (Lipinski definition) is 2. The Hall–Kier alpha value is -0.830. The van der Waals surface area contributed by atoms with Gasteiger partial charge in [-0.25, -0.2) is 0 Å². The van der Waals surface area contributed by atoms with Gasteiger partial charge in [0.2, 0.25) is 0 Å². The Balaban J connectivity index is 2.53. The standard InChI is InChI=1S/C13H21NOS/c1-3-4-5-9-16(15)10-12-7-6-8-13(14)11(12)2/h6-8H,3-5,9-10,14H2,1-2H3. The maximum absolute atomic E-state index is 11.8. The monoisotopic (exact) mass is 239 g/mol. The summed E-state index contributed by atoms with van der Waals surface area (Å²) in [5.41, 5.74) is 8.81. The molecule has 2 nitrogen and oxygen atoms in total. The highest BCUT2D eigenvalue weighted by molar-refractivity contribution is 7.84. The minimum absolute atomic E-state index is 0.639. The van der Waals surface area contributed by atoms with Gasteiger partial charge in [-0.05, 0) is 30.5 Å². The van der Waals surface area contributed by atoms with E-state index >= 15 is 0 Å². The van der Waals surface area contributed by atoms with Gasteiger partial charge >= 0.3 is 0 Å². The topological polar surface area (TPSA) is 43.1 Å². The lowest BCUT2D eigenvalue weighted by molar-refractivity contribution is 0.675. The molecule has 0 aliphatic carbocycles. The summed E-state index contributed by atoms with van der Waals surface area (Å²) < 4.78 is 11.8. The first-order valence-corrected chi connectivity index (χ1v) is 7.33. The lowest BCUT2D eigenvalue weighted by Gasteiger charge is -2.08. The minimum atomic E-state index is -0.747. The van der Waals surface area contributed by atoms with Gasteiger partial charge in [0.15, 0.2) is 0 Å². The van der Waals surface area contributed by atoms with Crippen molar-refractivity contribution < 1.29 is 4.21 Å². The molecule has 0 spiro atoms. The molecule has 3 heteroatoms. The zero-order chi connectivity index (χ0) is 12.0. The zero-order valence-electron chi connectivity index (χ0n) is 10.2. The number of hydrogen-bond donors (Lipinski definition) is 1. The molecule has 90 valence electrons. The van der Waals surface area contributed by atoms with E-state index in [-0.39, 0.29) is 0 Å². The van der Waals surface area contributed by atoms with E-state index in [1.165, 1.54) is 12.8 Å². The van der Waals surface area contributed by atoms with E-state index in [1.807, 2.05) is 25.1 Å². The number of nitrogen functional groups attached to an aromatic ring is 1. The molecule has 1 aromatic rings. The summed E-state index contributed by atoms with van der Waals surface area (Å²) in [5, 5.41) is 0. The summed E-state index contributed by atoms with van der Waals surface area (Å²) in [6.45, 7) is 4.15. The van der Waals surface area contributed by atoms with Crippen LogP contribution in [0.4, 0.5) is 5.69 Å². The van der Waals surface area contributed by atoms with Crippen molar-refractivity contribution in [1.29, 1.82) is 0 Å². The normalized spacial score (nSPS) is 12.6. The van der Waals surface area contributed by atoms with Crippen LogP contribution in [0.25, 0.3) is 0 Å². The average molecular weight is 239 g/mol. The molecule has 0 amide bonds. The van der Waals surface area contributed by atoms with Crippen molar-refractivity contribution in [1.82, 2.24) is 0 Å². The second kappa shape index (κ2) is 6.69. The van der Waals surface area contributed by atoms with E-state index in [0.29, 0.717) is 5.75 Å². The van der Waals surface area contributed by atoms with E-state index in [2.05, 4.69) is 6.92 Å². The predicted molar refractivity (Wildman–Crippen MR) is 71.8 cm³/mol. The molecule has 0 heterocycles. The lowest BCUT2D eigenvalue weighted by Crippen LogP contribution is -2.03. The third-order valence-corrected chi connectivity index (χ3v) is 4.16. The second-order valence-corrected chi connectivity index (χ2v) is 5.70. The Morgan fingerprint density at radius 3 is 2.75 bits per heavy atom. The van der Waals surface area contributed by atoms with Crippen molar-refractivity contribution in [2.24, 2.45) is 0 Å². The quantitative estimate of drug-likeness (QED) is 0.612. The van der Waals surface area contributed by atoms with E-state index in [9.17, 15) is 4.21 Å². The van der Waals surface area contributed by atoms with E-state index in [0.717, 1.165) is 29.0 Å². The lowest BCUT2D eigenvalue weighted by atomic mass is 10.1. The smallest absolute Gasteiger partial charge is 0.0489 e. The second-order valence-electron chi connectivity index (χ2n) is 4.13. The molecule has 1 atom stereocenters. The third kappa shape index (κ3) is 3.97. The van der Waals surface area contributed by atoms with Gasteiger partial charge < -0.3 is 5.73 Å². The van der Waals surface area contributed by atoms with Crippen LogP contribution in [0.3, 0.4) is 0 Å². The average Bonchev–Trinajstić information content (AvgIpc) is 2.25. The molecule has 0 bridgehead atoms. The van der Waals surface area contributed by atoms with Gasteiger partial charge in [-0.2, -0.15) is 0 Å². The largest absolute Gasteiger partial charge is 0.399 e. The summed E-state index contributed by atoms with van der Waals surface area (Å²) in [5.74, 6) is 1.45. The summed E-state index contributed by atoms with van der Waals surface area (Å²) in [7, 11) is -0.747. The number of rotatable bonds is 6. The molecule has 1 unspecified atom stereocenters. The molecule has 0 aliphatic heterocycles. The molecular weight excluding hydrogens is 218 g/mol. The van der Waals surface area contributed by atoms with Crippen molar-refractivity contribution in [3.05, 3.63) is 29.3 Å². The van der Waals surface area contributed by atoms with Crippen LogP contribution >= 0.6 is 0 Å². The molecule has 0 radical (unpaired) electrons. The first kappa shape index (κ1) is 13.2. The predicted octanol–water partition coefficient (Wildman–Crippen LogP) is 3.02. The molecule has 0 aliphatic rings. The summed E-state index contributed by atoms with van der Waals surface area (Å²) >= 11 is 0. The fourth-order valence-electron chi connectivity index (χ4n) is 1.62. The number of unbranched alkanes of at least 4 members (excludes halogenated alkanes) is 2. The summed E-state index contributed by atoms with van der Waals surface area (Å²) in [6.07, 6.45) is 3.40. The summed E-state index contributed by atoms with van der Waals surface area (Å²) in [6, 6.07) is 5.84. The van der Waals surface area contributed by atoms with Crippen LogP contribution in [0, 0.1) is 6.92 Å².